The van der Waals surface area contributed by atoms with Crippen LogP contribution in [0.4, 0.5) is 13.2 Å². The summed E-state index contributed by atoms with van der Waals surface area (Å²) in [6.07, 6.45) is -3.10. The number of amidine groups is 1. The second kappa shape index (κ2) is 10.4. The van der Waals surface area contributed by atoms with Gasteiger partial charge in [0.05, 0.1) is 18.0 Å². The Kier molecular flexibility index (Phi) is 7.92. The number of nitrogens with zero attached hydrogens (tertiary/aromatic N) is 4. The van der Waals surface area contributed by atoms with Gasteiger partial charge in [0, 0.05) is 17.8 Å². The molecule has 0 bridgehead atoms. The number of amides is 2. The summed E-state index contributed by atoms with van der Waals surface area (Å²) < 4.78 is 46.3. The van der Waals surface area contributed by atoms with Gasteiger partial charge in [-0.15, -0.1) is 0 Å². The SMILES string of the molecule is C/C(=C\N=C(/NC=O)C(N)=O)Cn1cnc(C(F)(F)F)c(Oc2cc(Cl)cc(C#N)c2)c1=O. The lowest BCUT2D eigenvalue weighted by Gasteiger charge is -2.15. The zero-order chi connectivity index (χ0) is 24.8. The Labute approximate surface area is 188 Å². The van der Waals surface area contributed by atoms with Crippen LogP contribution in [0.1, 0.15) is 18.2 Å². The van der Waals surface area contributed by atoms with Gasteiger partial charge in [-0.25, -0.2) is 9.98 Å². The average molecular weight is 483 g/mol. The van der Waals surface area contributed by atoms with Gasteiger partial charge in [-0.05, 0) is 30.7 Å². The summed E-state index contributed by atoms with van der Waals surface area (Å²) in [5.41, 5.74) is 2.55. The van der Waals surface area contributed by atoms with Gasteiger partial charge in [0.25, 0.3) is 11.5 Å². The van der Waals surface area contributed by atoms with Crippen molar-refractivity contribution in [2.45, 2.75) is 19.6 Å². The molecule has 0 unspecified atom stereocenters. The number of halogens is 4. The van der Waals surface area contributed by atoms with Crippen LogP contribution >= 0.6 is 11.6 Å². The van der Waals surface area contributed by atoms with Gasteiger partial charge < -0.3 is 15.8 Å². The lowest BCUT2D eigenvalue weighted by atomic mass is 10.2. The molecule has 1 aromatic heterocycles. The van der Waals surface area contributed by atoms with Crippen molar-refractivity contribution in [3.8, 4) is 17.6 Å². The quantitative estimate of drug-likeness (QED) is 0.365. The predicted molar refractivity (Wildman–Crippen MR) is 109 cm³/mol. The largest absolute Gasteiger partial charge is 0.449 e. The van der Waals surface area contributed by atoms with Crippen molar-refractivity contribution in [1.29, 1.82) is 5.26 Å². The Balaban J connectivity index is 2.50. The van der Waals surface area contributed by atoms with E-state index in [1.165, 1.54) is 13.0 Å². The highest BCUT2D eigenvalue weighted by atomic mass is 35.5. The first-order valence-electron chi connectivity index (χ1n) is 8.75. The number of nitrogens with one attached hydrogen (secondary N) is 1. The Morgan fingerprint density at radius 2 is 2.12 bits per heavy atom. The van der Waals surface area contributed by atoms with E-state index in [-0.39, 0.29) is 34.9 Å². The highest BCUT2D eigenvalue weighted by Gasteiger charge is 2.38. The fourth-order valence-electron chi connectivity index (χ4n) is 2.39. The number of carbonyl (C=O) groups excluding carboxylic acids is 2. The summed E-state index contributed by atoms with van der Waals surface area (Å²) >= 11 is 5.84. The molecule has 2 amide bonds. The van der Waals surface area contributed by atoms with Gasteiger partial charge >= 0.3 is 6.18 Å². The second-order valence-electron chi connectivity index (χ2n) is 6.32. The normalized spacial score (nSPS) is 12.1. The number of aliphatic imine (C=N–C) groups is 1. The third-order valence-electron chi connectivity index (χ3n) is 3.75. The maximum Gasteiger partial charge on any atom is 0.437 e. The molecule has 1 aromatic carbocycles. The molecule has 0 saturated heterocycles. The molecule has 10 nitrogen and oxygen atoms in total. The minimum absolute atomic E-state index is 0.00102. The first kappa shape index (κ1) is 25.1. The van der Waals surface area contributed by atoms with E-state index in [2.05, 4.69) is 9.98 Å². The number of aromatic nitrogens is 2. The Bertz CT molecular complexity index is 1250. The zero-order valence-corrected chi connectivity index (χ0v) is 17.4. The van der Waals surface area contributed by atoms with Crippen molar-refractivity contribution >= 4 is 29.8 Å². The van der Waals surface area contributed by atoms with Crippen molar-refractivity contribution in [2.24, 2.45) is 10.7 Å². The van der Waals surface area contributed by atoms with E-state index in [0.29, 0.717) is 6.33 Å². The Morgan fingerprint density at radius 1 is 1.42 bits per heavy atom. The van der Waals surface area contributed by atoms with Crippen molar-refractivity contribution < 1.29 is 27.5 Å². The molecule has 33 heavy (non-hydrogen) atoms. The third kappa shape index (κ3) is 6.65. The van der Waals surface area contributed by atoms with Gasteiger partial charge in [0.15, 0.2) is 11.5 Å². The molecule has 172 valence electrons. The van der Waals surface area contributed by atoms with E-state index in [4.69, 9.17) is 27.3 Å². The van der Waals surface area contributed by atoms with E-state index < -0.39 is 34.9 Å². The molecule has 0 aliphatic heterocycles. The second-order valence-corrected chi connectivity index (χ2v) is 6.76. The molecule has 0 spiro atoms. The molecule has 0 aliphatic carbocycles. The molecular weight excluding hydrogens is 469 g/mol. The first-order valence-corrected chi connectivity index (χ1v) is 9.12. The summed E-state index contributed by atoms with van der Waals surface area (Å²) in [6, 6.07) is 5.26. The number of nitrogens with two attached hydrogens (primary N) is 1. The first-order chi connectivity index (χ1) is 15.5. The van der Waals surface area contributed by atoms with Crippen LogP contribution in [-0.2, 0) is 22.3 Å². The van der Waals surface area contributed by atoms with Crippen molar-refractivity contribution in [1.82, 2.24) is 14.9 Å². The minimum atomic E-state index is -5.02. The van der Waals surface area contributed by atoms with Crippen LogP contribution in [0.2, 0.25) is 5.02 Å². The van der Waals surface area contributed by atoms with Crippen molar-refractivity contribution in [2.75, 3.05) is 0 Å². The molecule has 0 fully saturated rings. The number of ether oxygens (including phenoxy) is 1. The zero-order valence-electron chi connectivity index (χ0n) is 16.7. The predicted octanol–water partition coefficient (Wildman–Crippen LogP) is 2.11. The number of hydrogen-bond acceptors (Lipinski definition) is 7. The van der Waals surface area contributed by atoms with Crippen LogP contribution in [0.5, 0.6) is 11.5 Å². The Hall–Kier alpha value is -4.18. The average Bonchev–Trinajstić information content (AvgIpc) is 2.72. The summed E-state index contributed by atoms with van der Waals surface area (Å²) in [6.45, 7) is 1.15. The maximum atomic E-state index is 13.4. The molecule has 14 heteroatoms. The van der Waals surface area contributed by atoms with Gasteiger partial charge in [-0.2, -0.15) is 18.4 Å². The van der Waals surface area contributed by atoms with Crippen LogP contribution in [0, 0.1) is 11.3 Å². The number of hydrogen-bond donors (Lipinski definition) is 2. The van der Waals surface area contributed by atoms with Gasteiger partial charge in [-0.1, -0.05) is 11.6 Å². The third-order valence-corrected chi connectivity index (χ3v) is 3.97. The molecule has 2 aromatic rings. The summed E-state index contributed by atoms with van der Waals surface area (Å²) in [4.78, 5) is 41.3. The number of nitriles is 1. The molecule has 1 heterocycles. The van der Waals surface area contributed by atoms with Crippen LogP contribution in [0.15, 0.2) is 46.1 Å². The van der Waals surface area contributed by atoms with Crippen molar-refractivity contribution in [3.05, 3.63) is 62.9 Å². The number of rotatable bonds is 6. The van der Waals surface area contributed by atoms with Crippen LogP contribution < -0.4 is 21.3 Å². The minimum Gasteiger partial charge on any atom is -0.449 e. The smallest absolute Gasteiger partial charge is 0.437 e. The lowest BCUT2D eigenvalue weighted by Crippen LogP contribution is -2.35. The monoisotopic (exact) mass is 482 g/mol. The summed E-state index contributed by atoms with van der Waals surface area (Å²) in [7, 11) is 0. The molecular formula is C19H14ClF3N6O4. The highest BCUT2D eigenvalue weighted by Crippen LogP contribution is 2.35. The molecule has 0 atom stereocenters. The van der Waals surface area contributed by atoms with Gasteiger partial charge in [0.2, 0.25) is 12.2 Å². The molecule has 2 rings (SSSR count). The fourth-order valence-corrected chi connectivity index (χ4v) is 2.62. The standard InChI is InChI=1S/C19H14ClF3N6O4/c1-10(6-26-17(16(25)31)28-9-30)7-29-8-27-15(19(21,22)23)14(18(29)32)33-13-3-11(5-24)2-12(20)4-13/h2-4,6,8-9H,7H2,1H3,(H2,25,31)(H,26,28,30)/b10-6+. The van der Waals surface area contributed by atoms with E-state index in [0.717, 1.165) is 22.9 Å². The molecule has 0 saturated carbocycles. The number of allylic oxidation sites excluding steroid dienone is 1. The maximum absolute atomic E-state index is 13.4. The fraction of sp³-hybridized carbons (Fsp3) is 0.158. The molecule has 0 radical (unpaired) electrons. The van der Waals surface area contributed by atoms with E-state index in [9.17, 15) is 27.6 Å². The van der Waals surface area contributed by atoms with E-state index in [1.807, 2.05) is 5.32 Å². The summed E-state index contributed by atoms with van der Waals surface area (Å²) in [5.74, 6) is -2.93. The summed E-state index contributed by atoms with van der Waals surface area (Å²) in [5, 5.41) is 11.0. The van der Waals surface area contributed by atoms with E-state index >= 15 is 0 Å². The van der Waals surface area contributed by atoms with Gasteiger partial charge in [-0.3, -0.25) is 19.0 Å². The topological polar surface area (TPSA) is 152 Å². The van der Waals surface area contributed by atoms with E-state index in [1.54, 1.807) is 6.07 Å². The number of primary amides is 1. The van der Waals surface area contributed by atoms with Gasteiger partial charge in [0.1, 0.15) is 5.75 Å². The molecule has 3 N–H and O–H groups in total. The van der Waals surface area contributed by atoms with Crippen LogP contribution in [0.25, 0.3) is 0 Å². The van der Waals surface area contributed by atoms with Crippen LogP contribution in [-0.4, -0.2) is 27.7 Å². The van der Waals surface area contributed by atoms with Crippen molar-refractivity contribution in [3.63, 3.8) is 0 Å². The highest BCUT2D eigenvalue weighted by molar-refractivity contribution is 6.39. The lowest BCUT2D eigenvalue weighted by molar-refractivity contribution is -0.142. The Morgan fingerprint density at radius 3 is 2.70 bits per heavy atom. The van der Waals surface area contributed by atoms with Crippen LogP contribution in [0.3, 0.4) is 0 Å². The number of carbonyl (C=O) groups is 2. The number of alkyl halides is 3. The molecule has 0 aliphatic rings. The number of benzene rings is 1.